The summed E-state index contributed by atoms with van der Waals surface area (Å²) in [6, 6.07) is 11.0. The molecule has 84 valence electrons. The highest BCUT2D eigenvalue weighted by molar-refractivity contribution is 9.10. The number of hydrogen-bond acceptors (Lipinski definition) is 2. The van der Waals surface area contributed by atoms with Gasteiger partial charge in [0.2, 0.25) is 0 Å². The van der Waals surface area contributed by atoms with Gasteiger partial charge in [-0.25, -0.2) is 0 Å². The van der Waals surface area contributed by atoms with Crippen LogP contribution < -0.4 is 4.90 Å². The van der Waals surface area contributed by atoms with E-state index in [-0.39, 0.29) is 0 Å². The molecule has 0 bridgehead atoms. The van der Waals surface area contributed by atoms with Gasteiger partial charge in [-0.3, -0.25) is 0 Å². The third-order valence-electron chi connectivity index (χ3n) is 3.12. The highest BCUT2D eigenvalue weighted by Crippen LogP contribution is 2.31. The number of nitrogens with zero attached hydrogens (tertiary/aromatic N) is 2. The van der Waals surface area contributed by atoms with Gasteiger partial charge in [0, 0.05) is 17.1 Å². The van der Waals surface area contributed by atoms with Crippen LogP contribution in [0.5, 0.6) is 0 Å². The lowest BCUT2D eigenvalue weighted by atomic mass is 9.99. The van der Waals surface area contributed by atoms with E-state index in [0.717, 1.165) is 17.4 Å². The largest absolute Gasteiger partial charge is 0.367 e. The summed E-state index contributed by atoms with van der Waals surface area (Å²) in [4.78, 5) is 2.37. The minimum absolute atomic E-state index is 0.387. The molecule has 16 heavy (non-hydrogen) atoms. The van der Waals surface area contributed by atoms with Gasteiger partial charge < -0.3 is 4.90 Å². The average Bonchev–Trinajstić information content (AvgIpc) is 2.31. The van der Waals surface area contributed by atoms with Crippen molar-refractivity contribution in [2.24, 2.45) is 0 Å². The Labute approximate surface area is 105 Å². The quantitative estimate of drug-likeness (QED) is 0.825. The topological polar surface area (TPSA) is 27.0 Å². The molecule has 3 heteroatoms. The van der Waals surface area contributed by atoms with Crippen molar-refractivity contribution in [3.8, 4) is 6.07 Å². The lowest BCUT2D eigenvalue weighted by Crippen LogP contribution is -2.39. The van der Waals surface area contributed by atoms with Crippen molar-refractivity contribution in [1.29, 1.82) is 5.26 Å². The molecule has 0 N–H and O–H groups in total. The van der Waals surface area contributed by atoms with Gasteiger partial charge in [0.1, 0.15) is 0 Å². The van der Waals surface area contributed by atoms with Crippen LogP contribution in [0.3, 0.4) is 0 Å². The van der Waals surface area contributed by atoms with Crippen molar-refractivity contribution in [3.63, 3.8) is 0 Å². The number of hydrogen-bond donors (Lipinski definition) is 0. The van der Waals surface area contributed by atoms with Crippen molar-refractivity contribution in [1.82, 2.24) is 0 Å². The summed E-state index contributed by atoms with van der Waals surface area (Å²) < 4.78 is 1.12. The summed E-state index contributed by atoms with van der Waals surface area (Å²) in [6.07, 6.45) is 4.23. The van der Waals surface area contributed by atoms with Crippen LogP contribution in [0.2, 0.25) is 0 Å². The number of piperidine rings is 1. The highest BCUT2D eigenvalue weighted by Gasteiger charge is 2.23. The van der Waals surface area contributed by atoms with Gasteiger partial charge >= 0.3 is 0 Å². The van der Waals surface area contributed by atoms with Gasteiger partial charge in [0.05, 0.1) is 18.2 Å². The Bertz CT molecular complexity index is 397. The molecule has 0 aliphatic carbocycles. The molecule has 1 fully saturated rings. The molecule has 0 amide bonds. The normalized spacial score (nSPS) is 20.5. The predicted octanol–water partition coefficient (Wildman–Crippen LogP) is 3.72. The van der Waals surface area contributed by atoms with Crippen LogP contribution in [-0.2, 0) is 0 Å². The first kappa shape index (κ1) is 11.5. The lowest BCUT2D eigenvalue weighted by Gasteiger charge is -2.37. The third-order valence-corrected chi connectivity index (χ3v) is 3.79. The van der Waals surface area contributed by atoms with Crippen LogP contribution in [0.4, 0.5) is 5.69 Å². The van der Waals surface area contributed by atoms with Crippen LogP contribution in [0.1, 0.15) is 25.7 Å². The van der Waals surface area contributed by atoms with E-state index in [9.17, 15) is 0 Å². The fourth-order valence-corrected chi connectivity index (χ4v) is 2.83. The Morgan fingerprint density at radius 3 is 2.94 bits per heavy atom. The second-order valence-electron chi connectivity index (χ2n) is 4.16. The van der Waals surface area contributed by atoms with Crippen molar-refractivity contribution < 1.29 is 0 Å². The monoisotopic (exact) mass is 278 g/mol. The minimum atomic E-state index is 0.387. The summed E-state index contributed by atoms with van der Waals surface area (Å²) in [6.45, 7) is 1.06. The highest BCUT2D eigenvalue weighted by atomic mass is 79.9. The van der Waals surface area contributed by atoms with Gasteiger partial charge in [-0.1, -0.05) is 12.1 Å². The number of anilines is 1. The van der Waals surface area contributed by atoms with Gasteiger partial charge in [-0.15, -0.1) is 0 Å². The van der Waals surface area contributed by atoms with Crippen LogP contribution in [0.25, 0.3) is 0 Å². The Morgan fingerprint density at radius 2 is 2.19 bits per heavy atom. The van der Waals surface area contributed by atoms with Crippen LogP contribution in [-0.4, -0.2) is 12.6 Å². The molecule has 1 heterocycles. The van der Waals surface area contributed by atoms with E-state index >= 15 is 0 Å². The van der Waals surface area contributed by atoms with Crippen molar-refractivity contribution >= 4 is 21.6 Å². The zero-order valence-electron chi connectivity index (χ0n) is 9.19. The summed E-state index contributed by atoms with van der Waals surface area (Å²) in [7, 11) is 0. The summed E-state index contributed by atoms with van der Waals surface area (Å²) in [5.41, 5.74) is 1.22. The standard InChI is InChI=1S/C13H15BrN2/c14-12-6-1-2-7-13(12)16-10-4-3-5-11(16)8-9-15/h1-2,6-7,11H,3-5,8,10H2. The first-order valence-corrected chi connectivity index (χ1v) is 6.50. The number of nitriles is 1. The zero-order valence-corrected chi connectivity index (χ0v) is 10.8. The Balaban J connectivity index is 2.24. The number of benzene rings is 1. The zero-order chi connectivity index (χ0) is 11.4. The number of para-hydroxylation sites is 1. The van der Waals surface area contributed by atoms with Crippen LogP contribution >= 0.6 is 15.9 Å². The molecule has 2 nitrogen and oxygen atoms in total. The molecular formula is C13H15BrN2. The Hall–Kier alpha value is -1.01. The number of halogens is 1. The molecule has 1 aromatic carbocycles. The fraction of sp³-hybridized carbons (Fsp3) is 0.462. The van der Waals surface area contributed by atoms with E-state index in [2.05, 4.69) is 45.1 Å². The van der Waals surface area contributed by atoms with E-state index in [4.69, 9.17) is 5.26 Å². The maximum atomic E-state index is 8.86. The molecule has 1 atom stereocenters. The van der Waals surface area contributed by atoms with E-state index in [1.807, 2.05) is 6.07 Å². The maximum Gasteiger partial charge on any atom is 0.0643 e. The summed E-state index contributed by atoms with van der Waals surface area (Å²) in [5.74, 6) is 0. The van der Waals surface area contributed by atoms with Gasteiger partial charge in [0.15, 0.2) is 0 Å². The SMILES string of the molecule is N#CCC1CCCCN1c1ccccc1Br. The van der Waals surface area contributed by atoms with Crippen molar-refractivity contribution in [2.75, 3.05) is 11.4 Å². The molecule has 0 spiro atoms. The van der Waals surface area contributed by atoms with Crippen molar-refractivity contribution in [2.45, 2.75) is 31.7 Å². The molecule has 0 aromatic heterocycles. The van der Waals surface area contributed by atoms with Gasteiger partial charge in [0.25, 0.3) is 0 Å². The van der Waals surface area contributed by atoms with Crippen molar-refractivity contribution in [3.05, 3.63) is 28.7 Å². The lowest BCUT2D eigenvalue weighted by molar-refractivity contribution is 0.464. The summed E-state index contributed by atoms with van der Waals surface area (Å²) >= 11 is 3.59. The fourth-order valence-electron chi connectivity index (χ4n) is 2.32. The molecule has 1 aromatic rings. The van der Waals surface area contributed by atoms with Gasteiger partial charge in [-0.05, 0) is 47.3 Å². The second-order valence-corrected chi connectivity index (χ2v) is 5.01. The predicted molar refractivity (Wildman–Crippen MR) is 69.4 cm³/mol. The molecule has 1 saturated heterocycles. The van der Waals surface area contributed by atoms with Crippen LogP contribution in [0, 0.1) is 11.3 Å². The first-order chi connectivity index (χ1) is 7.83. The van der Waals surface area contributed by atoms with E-state index in [1.54, 1.807) is 0 Å². The minimum Gasteiger partial charge on any atom is -0.367 e. The molecule has 0 saturated carbocycles. The second kappa shape index (κ2) is 5.36. The maximum absolute atomic E-state index is 8.86. The number of rotatable bonds is 2. The van der Waals surface area contributed by atoms with Gasteiger partial charge in [-0.2, -0.15) is 5.26 Å². The molecule has 1 unspecified atom stereocenters. The molecule has 1 aliphatic heterocycles. The first-order valence-electron chi connectivity index (χ1n) is 5.71. The molecule has 1 aliphatic rings. The summed E-state index contributed by atoms with van der Waals surface area (Å²) in [5, 5.41) is 8.86. The Morgan fingerprint density at radius 1 is 1.38 bits per heavy atom. The molecule has 2 rings (SSSR count). The third kappa shape index (κ3) is 2.38. The molecule has 0 radical (unpaired) electrons. The molecular weight excluding hydrogens is 264 g/mol. The smallest absolute Gasteiger partial charge is 0.0643 e. The van der Waals surface area contributed by atoms with E-state index in [0.29, 0.717) is 12.5 Å². The average molecular weight is 279 g/mol. The van der Waals surface area contributed by atoms with Crippen LogP contribution in [0.15, 0.2) is 28.7 Å². The Kier molecular flexibility index (Phi) is 3.84. The van der Waals surface area contributed by atoms with E-state index in [1.165, 1.54) is 18.5 Å². The van der Waals surface area contributed by atoms with E-state index < -0.39 is 0 Å².